The molecule has 0 spiro atoms. The zero-order valence-electron chi connectivity index (χ0n) is 12.8. The molecule has 2 aromatic carbocycles. The number of aliphatic hydroxyl groups excluding tert-OH is 1. The molecule has 0 radical (unpaired) electrons. The Balaban J connectivity index is 2.18. The average Bonchev–Trinajstić information content (AvgIpc) is 2.59. The Bertz CT molecular complexity index is 636. The molecular formula is C18H20O4. The van der Waals surface area contributed by atoms with Crippen LogP contribution in [0.1, 0.15) is 29.7 Å². The molecule has 22 heavy (non-hydrogen) atoms. The second kappa shape index (κ2) is 7.61. The Labute approximate surface area is 130 Å². The van der Waals surface area contributed by atoms with Crippen molar-refractivity contribution in [1.82, 2.24) is 0 Å². The molecule has 0 aromatic heterocycles. The predicted octanol–water partition coefficient (Wildman–Crippen LogP) is 3.03. The first kappa shape index (κ1) is 16.0. The minimum absolute atomic E-state index is 0.279. The molecule has 0 fully saturated rings. The molecule has 0 aliphatic carbocycles. The van der Waals surface area contributed by atoms with Crippen molar-refractivity contribution < 1.29 is 19.4 Å². The van der Waals surface area contributed by atoms with E-state index in [0.29, 0.717) is 5.56 Å². The Kier molecular flexibility index (Phi) is 5.55. The summed E-state index contributed by atoms with van der Waals surface area (Å²) in [6.45, 7) is 2.35. The number of esters is 1. The van der Waals surface area contributed by atoms with Gasteiger partial charge in [0.1, 0.15) is 12.4 Å². The van der Waals surface area contributed by atoms with Crippen molar-refractivity contribution in [2.45, 2.75) is 26.1 Å². The zero-order valence-corrected chi connectivity index (χ0v) is 12.8. The average molecular weight is 300 g/mol. The summed E-state index contributed by atoms with van der Waals surface area (Å²) < 4.78 is 10.4. The summed E-state index contributed by atoms with van der Waals surface area (Å²) in [7, 11) is 1.25. The maximum Gasteiger partial charge on any atom is 0.339 e. The highest BCUT2D eigenvalue weighted by Crippen LogP contribution is 2.23. The summed E-state index contributed by atoms with van der Waals surface area (Å²) in [5.41, 5.74) is 2.38. The molecule has 1 unspecified atom stereocenters. The van der Waals surface area contributed by atoms with Gasteiger partial charge in [0.15, 0.2) is 6.10 Å². The summed E-state index contributed by atoms with van der Waals surface area (Å²) in [5.74, 6) is 0.133. The van der Waals surface area contributed by atoms with Crippen molar-refractivity contribution in [3.63, 3.8) is 0 Å². The third-order valence-corrected chi connectivity index (χ3v) is 3.51. The Hall–Kier alpha value is -2.33. The fourth-order valence-electron chi connectivity index (χ4n) is 2.26. The van der Waals surface area contributed by atoms with Gasteiger partial charge in [0.2, 0.25) is 0 Å². The summed E-state index contributed by atoms with van der Waals surface area (Å²) in [6.07, 6.45) is -0.422. The lowest BCUT2D eigenvalue weighted by atomic mass is 10.0. The molecule has 0 saturated carbocycles. The third kappa shape index (κ3) is 3.65. The molecule has 2 aromatic rings. The van der Waals surface area contributed by atoms with Crippen LogP contribution in [0.5, 0.6) is 5.75 Å². The van der Waals surface area contributed by atoms with Gasteiger partial charge < -0.3 is 14.6 Å². The van der Waals surface area contributed by atoms with Crippen molar-refractivity contribution in [2.75, 3.05) is 7.11 Å². The molecule has 1 atom stereocenters. The maximum absolute atomic E-state index is 11.5. The minimum atomic E-state index is -1.30. The number of rotatable bonds is 6. The van der Waals surface area contributed by atoms with Gasteiger partial charge in [-0.25, -0.2) is 4.79 Å². The van der Waals surface area contributed by atoms with Crippen molar-refractivity contribution >= 4 is 5.97 Å². The summed E-state index contributed by atoms with van der Waals surface area (Å²) in [5, 5.41) is 10.0. The molecule has 0 saturated heterocycles. The second-order valence-corrected chi connectivity index (χ2v) is 4.87. The lowest BCUT2D eigenvalue weighted by molar-refractivity contribution is -0.150. The number of para-hydroxylation sites is 1. The molecule has 2 rings (SSSR count). The van der Waals surface area contributed by atoms with E-state index < -0.39 is 12.1 Å². The highest BCUT2D eigenvalue weighted by atomic mass is 16.5. The highest BCUT2D eigenvalue weighted by Gasteiger charge is 2.20. The fraction of sp³-hybridized carbons (Fsp3) is 0.278. The van der Waals surface area contributed by atoms with E-state index in [-0.39, 0.29) is 6.61 Å². The van der Waals surface area contributed by atoms with Gasteiger partial charge in [-0.1, -0.05) is 49.4 Å². The second-order valence-electron chi connectivity index (χ2n) is 4.87. The zero-order chi connectivity index (χ0) is 15.9. The van der Waals surface area contributed by atoms with Crippen LogP contribution in [0.3, 0.4) is 0 Å². The van der Waals surface area contributed by atoms with Gasteiger partial charge in [-0.2, -0.15) is 0 Å². The minimum Gasteiger partial charge on any atom is -0.489 e. The molecule has 1 N–H and O–H groups in total. The Morgan fingerprint density at radius 1 is 1.09 bits per heavy atom. The standard InChI is InChI=1S/C18H20O4/c1-3-13-8-5-7-11-16(13)22-12-14-9-4-6-10-15(14)17(19)18(20)21-2/h4-11,17,19H,3,12H2,1-2H3. The summed E-state index contributed by atoms with van der Waals surface area (Å²) in [4.78, 5) is 11.5. The van der Waals surface area contributed by atoms with E-state index in [9.17, 15) is 9.90 Å². The van der Waals surface area contributed by atoms with Crippen LogP contribution in [-0.4, -0.2) is 18.2 Å². The van der Waals surface area contributed by atoms with E-state index in [1.807, 2.05) is 36.4 Å². The van der Waals surface area contributed by atoms with Crippen LogP contribution in [-0.2, 0) is 22.6 Å². The maximum atomic E-state index is 11.5. The number of aryl methyl sites for hydroxylation is 1. The quantitative estimate of drug-likeness (QED) is 0.833. The SMILES string of the molecule is CCc1ccccc1OCc1ccccc1C(O)C(=O)OC. The lowest BCUT2D eigenvalue weighted by Gasteiger charge is -2.15. The van der Waals surface area contributed by atoms with Gasteiger partial charge >= 0.3 is 5.97 Å². The summed E-state index contributed by atoms with van der Waals surface area (Å²) in [6, 6.07) is 15.0. The third-order valence-electron chi connectivity index (χ3n) is 3.51. The predicted molar refractivity (Wildman–Crippen MR) is 83.6 cm³/mol. The van der Waals surface area contributed by atoms with Crippen molar-refractivity contribution in [1.29, 1.82) is 0 Å². The first-order chi connectivity index (χ1) is 10.7. The van der Waals surface area contributed by atoms with E-state index in [2.05, 4.69) is 11.7 Å². The van der Waals surface area contributed by atoms with Crippen LogP contribution in [0.15, 0.2) is 48.5 Å². The van der Waals surface area contributed by atoms with Gasteiger partial charge in [-0.15, -0.1) is 0 Å². The van der Waals surface area contributed by atoms with Crippen LogP contribution >= 0.6 is 0 Å². The number of ether oxygens (including phenoxy) is 2. The van der Waals surface area contributed by atoms with E-state index in [4.69, 9.17) is 4.74 Å². The molecule has 4 nitrogen and oxygen atoms in total. The number of benzene rings is 2. The van der Waals surface area contributed by atoms with E-state index in [1.165, 1.54) is 7.11 Å². The number of carbonyl (C=O) groups is 1. The molecular weight excluding hydrogens is 280 g/mol. The van der Waals surface area contributed by atoms with Crippen LogP contribution in [0.25, 0.3) is 0 Å². The molecule has 0 aliphatic heterocycles. The number of hydrogen-bond acceptors (Lipinski definition) is 4. The Morgan fingerprint density at radius 2 is 1.73 bits per heavy atom. The first-order valence-corrected chi connectivity index (χ1v) is 7.21. The molecule has 116 valence electrons. The van der Waals surface area contributed by atoms with E-state index >= 15 is 0 Å². The van der Waals surface area contributed by atoms with Gasteiger partial charge in [0.05, 0.1) is 7.11 Å². The lowest BCUT2D eigenvalue weighted by Crippen LogP contribution is -2.16. The molecule has 4 heteroatoms. The molecule has 0 amide bonds. The monoisotopic (exact) mass is 300 g/mol. The first-order valence-electron chi connectivity index (χ1n) is 7.21. The van der Waals surface area contributed by atoms with Crippen LogP contribution in [0.2, 0.25) is 0 Å². The molecule has 0 heterocycles. The van der Waals surface area contributed by atoms with Gasteiger partial charge in [0.25, 0.3) is 0 Å². The number of methoxy groups -OCH3 is 1. The van der Waals surface area contributed by atoms with Gasteiger partial charge in [-0.3, -0.25) is 0 Å². The van der Waals surface area contributed by atoms with Crippen molar-refractivity contribution in [2.24, 2.45) is 0 Å². The van der Waals surface area contributed by atoms with Gasteiger partial charge in [0, 0.05) is 0 Å². The number of hydrogen-bond donors (Lipinski definition) is 1. The highest BCUT2D eigenvalue weighted by molar-refractivity contribution is 5.76. The van der Waals surface area contributed by atoms with E-state index in [0.717, 1.165) is 23.3 Å². The topological polar surface area (TPSA) is 55.8 Å². The normalized spacial score (nSPS) is 11.8. The number of aliphatic hydroxyl groups is 1. The molecule has 0 bridgehead atoms. The van der Waals surface area contributed by atoms with Crippen LogP contribution < -0.4 is 4.74 Å². The van der Waals surface area contributed by atoms with Crippen molar-refractivity contribution in [3.05, 3.63) is 65.2 Å². The smallest absolute Gasteiger partial charge is 0.339 e. The van der Waals surface area contributed by atoms with E-state index in [1.54, 1.807) is 12.1 Å². The fourth-order valence-corrected chi connectivity index (χ4v) is 2.26. The van der Waals surface area contributed by atoms with Gasteiger partial charge in [-0.05, 0) is 29.2 Å². The largest absolute Gasteiger partial charge is 0.489 e. The van der Waals surface area contributed by atoms with Crippen LogP contribution in [0.4, 0.5) is 0 Å². The Morgan fingerprint density at radius 3 is 2.41 bits per heavy atom. The summed E-state index contributed by atoms with van der Waals surface area (Å²) >= 11 is 0. The number of carbonyl (C=O) groups excluding carboxylic acids is 1. The molecule has 0 aliphatic rings. The van der Waals surface area contributed by atoms with Crippen LogP contribution in [0, 0.1) is 0 Å². The van der Waals surface area contributed by atoms with Crippen molar-refractivity contribution in [3.8, 4) is 5.75 Å².